The molecule has 0 bridgehead atoms. The van der Waals surface area contributed by atoms with Crippen LogP contribution in [0.2, 0.25) is 0 Å². The Bertz CT molecular complexity index is 1170. The summed E-state index contributed by atoms with van der Waals surface area (Å²) in [5.41, 5.74) is -2.56. The van der Waals surface area contributed by atoms with E-state index in [1.165, 1.54) is 7.11 Å². The molecular weight excluding hydrogens is 484 g/mol. The quantitative estimate of drug-likeness (QED) is 0.394. The van der Waals surface area contributed by atoms with Crippen LogP contribution in [-0.2, 0) is 12.4 Å². The van der Waals surface area contributed by atoms with Gasteiger partial charge in [0.15, 0.2) is 5.13 Å². The fourth-order valence-corrected chi connectivity index (χ4v) is 4.27. The van der Waals surface area contributed by atoms with Gasteiger partial charge in [0.2, 0.25) is 0 Å². The molecule has 3 aromatic rings. The number of amides is 1. The van der Waals surface area contributed by atoms with Crippen molar-refractivity contribution < 1.29 is 35.9 Å². The molecule has 0 radical (unpaired) electrons. The van der Waals surface area contributed by atoms with Gasteiger partial charge in [0.1, 0.15) is 11.3 Å². The number of hydrogen-bond donors (Lipinski definition) is 0. The van der Waals surface area contributed by atoms with Gasteiger partial charge in [-0.05, 0) is 50.8 Å². The molecule has 3 rings (SSSR count). The van der Waals surface area contributed by atoms with Crippen LogP contribution in [0.4, 0.5) is 31.5 Å². The Morgan fingerprint density at radius 3 is 2.09 bits per heavy atom. The summed E-state index contributed by atoms with van der Waals surface area (Å²) in [4.78, 5) is 20.6. The molecule has 0 saturated carbocycles. The number of carbonyl (C=O) groups is 1. The van der Waals surface area contributed by atoms with Gasteiger partial charge in [-0.2, -0.15) is 26.3 Å². The van der Waals surface area contributed by atoms with E-state index in [-0.39, 0.29) is 17.7 Å². The molecule has 0 aliphatic carbocycles. The molecule has 0 spiro atoms. The monoisotopic (exact) mass is 505 g/mol. The number of aromatic nitrogens is 1. The number of halogens is 6. The van der Waals surface area contributed by atoms with Crippen molar-refractivity contribution in [1.82, 2.24) is 9.88 Å². The Morgan fingerprint density at radius 1 is 1.00 bits per heavy atom. The highest BCUT2D eigenvalue weighted by atomic mass is 32.1. The number of aryl methyl sites for hydroxylation is 1. The van der Waals surface area contributed by atoms with Crippen LogP contribution in [0, 0.1) is 6.92 Å². The predicted molar refractivity (Wildman–Crippen MR) is 118 cm³/mol. The van der Waals surface area contributed by atoms with E-state index in [4.69, 9.17) is 4.74 Å². The fraction of sp³-hybridized carbons (Fsp3) is 0.364. The van der Waals surface area contributed by atoms with Gasteiger partial charge < -0.3 is 9.64 Å². The Morgan fingerprint density at radius 2 is 1.59 bits per heavy atom. The van der Waals surface area contributed by atoms with Crippen LogP contribution in [0.3, 0.4) is 0 Å². The number of methoxy groups -OCH3 is 1. The first kappa shape index (κ1) is 25.8. The Balaban J connectivity index is 2.16. The zero-order valence-electron chi connectivity index (χ0n) is 18.6. The first-order chi connectivity index (χ1) is 15.7. The number of anilines is 1. The van der Waals surface area contributed by atoms with Crippen molar-refractivity contribution in [3.05, 3.63) is 52.6 Å². The van der Waals surface area contributed by atoms with Gasteiger partial charge in [-0.15, -0.1) is 0 Å². The number of carbonyl (C=O) groups excluding carboxylic acids is 1. The van der Waals surface area contributed by atoms with Crippen molar-refractivity contribution in [1.29, 1.82) is 0 Å². The lowest BCUT2D eigenvalue weighted by Crippen LogP contribution is -2.37. The number of likely N-dealkylation sites (N-methyl/N-ethyl adjacent to an activating group) is 1. The number of alkyl halides is 6. The topological polar surface area (TPSA) is 45.7 Å². The zero-order valence-corrected chi connectivity index (χ0v) is 19.5. The SMILES string of the molecule is COc1ccc(C)c2sc(N(CCN(C)C)C(=O)c3cc(C(F)(F)F)cc(C(F)(F)F)c3)nc12. The van der Waals surface area contributed by atoms with Crippen LogP contribution >= 0.6 is 11.3 Å². The van der Waals surface area contributed by atoms with Gasteiger partial charge >= 0.3 is 12.4 Å². The average molecular weight is 505 g/mol. The van der Waals surface area contributed by atoms with Crippen LogP contribution < -0.4 is 9.64 Å². The molecule has 0 saturated heterocycles. The van der Waals surface area contributed by atoms with E-state index in [2.05, 4.69) is 4.98 Å². The summed E-state index contributed by atoms with van der Waals surface area (Å²) in [7, 11) is 4.89. The van der Waals surface area contributed by atoms with E-state index in [0.29, 0.717) is 34.6 Å². The van der Waals surface area contributed by atoms with Crippen LogP contribution in [0.1, 0.15) is 27.0 Å². The van der Waals surface area contributed by atoms with Crippen LogP contribution in [0.5, 0.6) is 5.75 Å². The smallest absolute Gasteiger partial charge is 0.416 e. The highest BCUT2D eigenvalue weighted by molar-refractivity contribution is 7.22. The second-order valence-electron chi connectivity index (χ2n) is 7.81. The maximum Gasteiger partial charge on any atom is 0.416 e. The molecular formula is C22H21F6N3O2S. The number of rotatable bonds is 6. The molecule has 1 heterocycles. The van der Waals surface area contributed by atoms with Gasteiger partial charge in [0.25, 0.3) is 5.91 Å². The second-order valence-corrected chi connectivity index (χ2v) is 8.79. The van der Waals surface area contributed by atoms with Crippen molar-refractivity contribution in [2.45, 2.75) is 19.3 Å². The number of ether oxygens (including phenoxy) is 1. The number of thiazole rings is 1. The van der Waals surface area contributed by atoms with Crippen LogP contribution in [0.25, 0.3) is 10.2 Å². The molecule has 0 unspecified atom stereocenters. The number of hydrogen-bond acceptors (Lipinski definition) is 5. The molecule has 0 atom stereocenters. The molecule has 184 valence electrons. The lowest BCUT2D eigenvalue weighted by Gasteiger charge is -2.23. The van der Waals surface area contributed by atoms with E-state index in [1.54, 1.807) is 31.1 Å². The minimum atomic E-state index is -5.06. The molecule has 0 N–H and O–H groups in total. The lowest BCUT2D eigenvalue weighted by atomic mass is 10.0. The third kappa shape index (κ3) is 5.44. The Kier molecular flexibility index (Phi) is 7.13. The normalized spacial score (nSPS) is 12.4. The van der Waals surface area contributed by atoms with Crippen molar-refractivity contribution in [3.63, 3.8) is 0 Å². The van der Waals surface area contributed by atoms with Crippen molar-refractivity contribution in [2.24, 2.45) is 0 Å². The second kappa shape index (κ2) is 9.41. The summed E-state index contributed by atoms with van der Waals surface area (Å²) in [6.07, 6.45) is -10.1. The highest BCUT2D eigenvalue weighted by Gasteiger charge is 2.38. The van der Waals surface area contributed by atoms with E-state index in [1.807, 2.05) is 6.92 Å². The van der Waals surface area contributed by atoms with E-state index < -0.39 is 35.0 Å². The maximum absolute atomic E-state index is 13.3. The molecule has 0 fully saturated rings. The van der Waals surface area contributed by atoms with Gasteiger partial charge in [0.05, 0.1) is 22.9 Å². The van der Waals surface area contributed by atoms with E-state index in [9.17, 15) is 31.1 Å². The third-order valence-corrected chi connectivity index (χ3v) is 6.21. The van der Waals surface area contributed by atoms with Gasteiger partial charge in [-0.3, -0.25) is 9.69 Å². The molecule has 1 aromatic heterocycles. The lowest BCUT2D eigenvalue weighted by molar-refractivity contribution is -0.143. The molecule has 2 aromatic carbocycles. The van der Waals surface area contributed by atoms with E-state index in [0.717, 1.165) is 21.8 Å². The summed E-state index contributed by atoms with van der Waals surface area (Å²) in [5, 5.41) is 0.139. The predicted octanol–water partition coefficient (Wildman–Crippen LogP) is 5.86. The van der Waals surface area contributed by atoms with Crippen molar-refractivity contribution >= 4 is 32.6 Å². The summed E-state index contributed by atoms with van der Waals surface area (Å²) in [6.45, 7) is 2.10. The van der Waals surface area contributed by atoms with Crippen molar-refractivity contribution in [3.8, 4) is 5.75 Å². The fourth-order valence-electron chi connectivity index (χ4n) is 3.20. The largest absolute Gasteiger partial charge is 0.494 e. The van der Waals surface area contributed by atoms with Crippen molar-refractivity contribution in [2.75, 3.05) is 39.2 Å². The third-order valence-electron chi connectivity index (χ3n) is 4.99. The average Bonchev–Trinajstić information content (AvgIpc) is 3.18. The number of fused-ring (bicyclic) bond motifs is 1. The zero-order chi connectivity index (χ0) is 25.4. The first-order valence-electron chi connectivity index (χ1n) is 9.92. The molecule has 5 nitrogen and oxygen atoms in total. The number of benzene rings is 2. The maximum atomic E-state index is 13.3. The summed E-state index contributed by atoms with van der Waals surface area (Å²) in [5.74, 6) is -0.587. The van der Waals surface area contributed by atoms with E-state index >= 15 is 0 Å². The first-order valence-corrected chi connectivity index (χ1v) is 10.7. The van der Waals surface area contributed by atoms with Gasteiger partial charge in [-0.25, -0.2) is 4.98 Å². The standard InChI is InChI=1S/C22H21F6N3O2S/c1-12-5-6-16(33-4)17-18(12)34-20(29-17)31(8-7-30(2)3)19(32)13-9-14(21(23,24)25)11-15(10-13)22(26,27)28/h5-6,9-11H,7-8H2,1-4H3. The van der Waals surface area contributed by atoms with Gasteiger partial charge in [0, 0.05) is 18.7 Å². The summed E-state index contributed by atoms with van der Waals surface area (Å²) < 4.78 is 85.9. The van der Waals surface area contributed by atoms with Gasteiger partial charge in [-0.1, -0.05) is 17.4 Å². The summed E-state index contributed by atoms with van der Waals surface area (Å²) >= 11 is 1.11. The minimum Gasteiger partial charge on any atom is -0.494 e. The molecule has 1 amide bonds. The molecule has 34 heavy (non-hydrogen) atoms. The Labute approximate surface area is 195 Å². The minimum absolute atomic E-state index is 0.00709. The molecule has 12 heteroatoms. The number of nitrogens with zero attached hydrogens (tertiary/aromatic N) is 3. The Hall–Kier alpha value is -2.86. The van der Waals surface area contributed by atoms with Crippen LogP contribution in [-0.4, -0.2) is 50.1 Å². The van der Waals surface area contributed by atoms with Crippen LogP contribution in [0.15, 0.2) is 30.3 Å². The summed E-state index contributed by atoms with van der Waals surface area (Å²) in [6, 6.07) is 4.33. The highest BCUT2D eigenvalue weighted by Crippen LogP contribution is 2.39. The molecule has 0 aliphatic rings. The molecule has 0 aliphatic heterocycles.